The third kappa shape index (κ3) is 2.28. The summed E-state index contributed by atoms with van der Waals surface area (Å²) in [5, 5.41) is 13.7. The lowest BCUT2D eigenvalue weighted by Gasteiger charge is -2.39. The van der Waals surface area contributed by atoms with Crippen LogP contribution in [0.25, 0.3) is 0 Å². The highest BCUT2D eigenvalue weighted by Gasteiger charge is 2.41. The van der Waals surface area contributed by atoms with Crippen molar-refractivity contribution < 1.29 is 5.11 Å². The summed E-state index contributed by atoms with van der Waals surface area (Å²) in [6, 6.07) is 0. The molecule has 0 saturated heterocycles. The second-order valence-electron chi connectivity index (χ2n) is 7.00. The van der Waals surface area contributed by atoms with Crippen LogP contribution >= 0.6 is 0 Å². The summed E-state index contributed by atoms with van der Waals surface area (Å²) in [5.74, 6) is 2.84. The Balaban J connectivity index is 1.84. The molecular weight excluding hydrogens is 198 g/mol. The smallest absolute Gasteiger partial charge is 0.0767 e. The van der Waals surface area contributed by atoms with Crippen molar-refractivity contribution in [2.75, 3.05) is 6.54 Å². The molecule has 0 radical (unpaired) electrons. The Morgan fingerprint density at radius 2 is 1.81 bits per heavy atom. The van der Waals surface area contributed by atoms with E-state index in [1.807, 2.05) is 13.8 Å². The first kappa shape index (κ1) is 12.4. The van der Waals surface area contributed by atoms with Crippen LogP contribution in [0.4, 0.5) is 0 Å². The van der Waals surface area contributed by atoms with Crippen molar-refractivity contribution >= 4 is 0 Å². The molecule has 3 atom stereocenters. The van der Waals surface area contributed by atoms with Gasteiger partial charge in [-0.2, -0.15) is 0 Å². The van der Waals surface area contributed by atoms with Crippen LogP contribution in [0.5, 0.6) is 0 Å². The molecule has 2 aliphatic rings. The minimum Gasteiger partial charge on any atom is -0.389 e. The zero-order valence-corrected chi connectivity index (χ0v) is 11.2. The van der Waals surface area contributed by atoms with Crippen LogP contribution < -0.4 is 5.32 Å². The SMILES string of the molecule is CC(C)(O)C(C)(C)NCC1CC2CCC1C2. The van der Waals surface area contributed by atoms with Gasteiger partial charge in [0.05, 0.1) is 5.60 Å². The Hall–Kier alpha value is -0.0800. The average Bonchev–Trinajstić information content (AvgIpc) is 2.73. The molecule has 2 rings (SSSR count). The highest BCUT2D eigenvalue weighted by Crippen LogP contribution is 2.48. The maximum absolute atomic E-state index is 10.1. The lowest BCUT2D eigenvalue weighted by molar-refractivity contribution is -0.00710. The molecule has 2 saturated carbocycles. The number of hydrogen-bond acceptors (Lipinski definition) is 2. The Morgan fingerprint density at radius 3 is 2.25 bits per heavy atom. The van der Waals surface area contributed by atoms with Crippen molar-refractivity contribution in [2.24, 2.45) is 17.8 Å². The maximum Gasteiger partial charge on any atom is 0.0767 e. The van der Waals surface area contributed by atoms with Gasteiger partial charge in [0.2, 0.25) is 0 Å². The van der Waals surface area contributed by atoms with Crippen LogP contribution in [-0.4, -0.2) is 22.8 Å². The predicted octanol–water partition coefficient (Wildman–Crippen LogP) is 2.56. The van der Waals surface area contributed by atoms with Crippen LogP contribution in [0.15, 0.2) is 0 Å². The van der Waals surface area contributed by atoms with E-state index in [-0.39, 0.29) is 5.54 Å². The van der Waals surface area contributed by atoms with Crippen LogP contribution in [0.3, 0.4) is 0 Å². The minimum absolute atomic E-state index is 0.200. The van der Waals surface area contributed by atoms with Crippen LogP contribution in [0.1, 0.15) is 53.4 Å². The van der Waals surface area contributed by atoms with Gasteiger partial charge >= 0.3 is 0 Å². The topological polar surface area (TPSA) is 32.3 Å². The van der Waals surface area contributed by atoms with Crippen LogP contribution in [0.2, 0.25) is 0 Å². The molecule has 0 spiro atoms. The maximum atomic E-state index is 10.1. The standard InChI is InChI=1S/C14H27NO/c1-13(2,14(3,4)16)15-9-12-8-10-5-6-11(12)7-10/h10-12,15-16H,5-9H2,1-4H3. The summed E-state index contributed by atoms with van der Waals surface area (Å²) < 4.78 is 0. The van der Waals surface area contributed by atoms with Crippen molar-refractivity contribution in [1.29, 1.82) is 0 Å². The Labute approximate surface area is 99.8 Å². The molecule has 2 bridgehead atoms. The summed E-state index contributed by atoms with van der Waals surface area (Å²) in [6.45, 7) is 9.06. The quantitative estimate of drug-likeness (QED) is 0.770. The van der Waals surface area contributed by atoms with E-state index in [0.29, 0.717) is 0 Å². The monoisotopic (exact) mass is 225 g/mol. The van der Waals surface area contributed by atoms with Gasteiger partial charge in [-0.3, -0.25) is 0 Å². The summed E-state index contributed by atoms with van der Waals surface area (Å²) in [7, 11) is 0. The normalized spacial score (nSPS) is 34.7. The molecule has 0 heterocycles. The second-order valence-corrected chi connectivity index (χ2v) is 7.00. The van der Waals surface area contributed by atoms with Crippen molar-refractivity contribution in [3.63, 3.8) is 0 Å². The lowest BCUT2D eigenvalue weighted by Crippen LogP contribution is -2.57. The summed E-state index contributed by atoms with van der Waals surface area (Å²) in [6.07, 6.45) is 5.80. The summed E-state index contributed by atoms with van der Waals surface area (Å²) in [4.78, 5) is 0. The van der Waals surface area contributed by atoms with E-state index >= 15 is 0 Å². The molecule has 2 heteroatoms. The Bertz CT molecular complexity index is 254. The molecule has 0 aromatic rings. The largest absolute Gasteiger partial charge is 0.389 e. The number of nitrogens with one attached hydrogen (secondary N) is 1. The van der Waals surface area contributed by atoms with Gasteiger partial charge < -0.3 is 10.4 Å². The fourth-order valence-electron chi connectivity index (χ4n) is 3.23. The predicted molar refractivity (Wildman–Crippen MR) is 67.3 cm³/mol. The van der Waals surface area contributed by atoms with Crippen molar-refractivity contribution in [3.05, 3.63) is 0 Å². The molecule has 0 aromatic heterocycles. The molecule has 16 heavy (non-hydrogen) atoms. The van der Waals surface area contributed by atoms with Gasteiger partial charge in [0.1, 0.15) is 0 Å². The first-order valence-electron chi connectivity index (χ1n) is 6.77. The van der Waals surface area contributed by atoms with Crippen molar-refractivity contribution in [3.8, 4) is 0 Å². The molecule has 2 aliphatic carbocycles. The summed E-state index contributed by atoms with van der Waals surface area (Å²) in [5.41, 5.74) is -0.862. The molecular formula is C14H27NO. The number of fused-ring (bicyclic) bond motifs is 2. The molecule has 0 aromatic carbocycles. The van der Waals surface area contributed by atoms with Crippen LogP contribution in [0, 0.1) is 17.8 Å². The second kappa shape index (κ2) is 3.99. The summed E-state index contributed by atoms with van der Waals surface area (Å²) >= 11 is 0. The van der Waals surface area contributed by atoms with E-state index in [2.05, 4.69) is 19.2 Å². The van der Waals surface area contributed by atoms with Gasteiger partial charge in [0.25, 0.3) is 0 Å². The Kier molecular flexibility index (Phi) is 3.09. The highest BCUT2D eigenvalue weighted by molar-refractivity contribution is 4.96. The van der Waals surface area contributed by atoms with Gasteiger partial charge in [-0.05, 0) is 71.3 Å². The molecule has 0 aliphatic heterocycles. The van der Waals surface area contributed by atoms with Gasteiger partial charge in [0, 0.05) is 5.54 Å². The molecule has 3 unspecified atom stereocenters. The van der Waals surface area contributed by atoms with Gasteiger partial charge in [-0.25, -0.2) is 0 Å². The van der Waals surface area contributed by atoms with E-state index in [0.717, 1.165) is 24.3 Å². The van der Waals surface area contributed by atoms with E-state index in [4.69, 9.17) is 0 Å². The highest BCUT2D eigenvalue weighted by atomic mass is 16.3. The van der Waals surface area contributed by atoms with E-state index in [9.17, 15) is 5.11 Å². The zero-order chi connectivity index (χ0) is 12.0. The van der Waals surface area contributed by atoms with Crippen molar-refractivity contribution in [2.45, 2.75) is 64.5 Å². The molecule has 0 amide bonds. The van der Waals surface area contributed by atoms with Crippen molar-refractivity contribution in [1.82, 2.24) is 5.32 Å². The number of rotatable bonds is 4. The van der Waals surface area contributed by atoms with Gasteiger partial charge in [-0.1, -0.05) is 6.42 Å². The minimum atomic E-state index is -0.662. The fourth-order valence-corrected chi connectivity index (χ4v) is 3.23. The van der Waals surface area contributed by atoms with E-state index < -0.39 is 5.60 Å². The molecule has 2 fully saturated rings. The molecule has 94 valence electrons. The zero-order valence-electron chi connectivity index (χ0n) is 11.2. The van der Waals surface area contributed by atoms with E-state index in [1.54, 1.807) is 0 Å². The fraction of sp³-hybridized carbons (Fsp3) is 1.00. The first-order valence-corrected chi connectivity index (χ1v) is 6.77. The molecule has 2 N–H and O–H groups in total. The van der Waals surface area contributed by atoms with Gasteiger partial charge in [-0.15, -0.1) is 0 Å². The van der Waals surface area contributed by atoms with E-state index in [1.165, 1.54) is 25.7 Å². The number of aliphatic hydroxyl groups is 1. The third-order valence-electron chi connectivity index (χ3n) is 5.22. The van der Waals surface area contributed by atoms with Crippen LogP contribution in [-0.2, 0) is 0 Å². The Morgan fingerprint density at radius 1 is 1.12 bits per heavy atom. The lowest BCUT2D eigenvalue weighted by atomic mass is 9.83. The molecule has 2 nitrogen and oxygen atoms in total. The average molecular weight is 225 g/mol. The first-order chi connectivity index (χ1) is 7.29. The third-order valence-corrected chi connectivity index (χ3v) is 5.22. The van der Waals surface area contributed by atoms with Gasteiger partial charge in [0.15, 0.2) is 0 Å². The number of hydrogen-bond donors (Lipinski definition) is 2.